The Bertz CT molecular complexity index is 1290. The molecule has 0 unspecified atom stereocenters. The normalized spacial score (nSPS) is 11.1. The van der Waals surface area contributed by atoms with Gasteiger partial charge in [0.1, 0.15) is 5.82 Å². The zero-order chi connectivity index (χ0) is 18.2. The lowest BCUT2D eigenvalue weighted by Crippen LogP contribution is -2.13. The third kappa shape index (κ3) is 2.59. The van der Waals surface area contributed by atoms with Crippen LogP contribution in [0.5, 0.6) is 0 Å². The van der Waals surface area contributed by atoms with Crippen LogP contribution in [0.15, 0.2) is 91.3 Å². The second-order valence-corrected chi connectivity index (χ2v) is 6.37. The molecule has 0 bridgehead atoms. The van der Waals surface area contributed by atoms with Crippen molar-refractivity contribution in [3.05, 3.63) is 96.8 Å². The quantitative estimate of drug-likeness (QED) is 0.453. The Morgan fingerprint density at radius 3 is 2.48 bits per heavy atom. The van der Waals surface area contributed by atoms with Crippen molar-refractivity contribution in [1.29, 1.82) is 0 Å². The van der Waals surface area contributed by atoms with E-state index in [0.717, 1.165) is 27.4 Å². The van der Waals surface area contributed by atoms with Gasteiger partial charge < -0.3 is 0 Å². The summed E-state index contributed by atoms with van der Waals surface area (Å²) >= 11 is 0. The molecule has 0 fully saturated rings. The van der Waals surface area contributed by atoms with Crippen molar-refractivity contribution < 1.29 is 4.79 Å². The first-order chi connectivity index (χ1) is 13.3. The highest BCUT2D eigenvalue weighted by Gasteiger charge is 2.19. The molecule has 2 heterocycles. The maximum atomic E-state index is 13.5. The molecule has 0 saturated carbocycles. The Balaban J connectivity index is 1.74. The maximum absolute atomic E-state index is 13.5. The number of carbonyl (C=O) groups excluding carboxylic acids is 1. The second kappa shape index (κ2) is 6.18. The first-order valence-electron chi connectivity index (χ1n) is 8.73. The maximum Gasteiger partial charge on any atom is 0.264 e. The number of nitrogens with zero attached hydrogens (tertiary/aromatic N) is 3. The van der Waals surface area contributed by atoms with E-state index in [1.54, 1.807) is 17.0 Å². The van der Waals surface area contributed by atoms with Gasteiger partial charge in [0.25, 0.3) is 5.91 Å². The van der Waals surface area contributed by atoms with Gasteiger partial charge in [-0.25, -0.2) is 4.98 Å². The average molecular weight is 349 g/mol. The Hall–Kier alpha value is -3.79. The summed E-state index contributed by atoms with van der Waals surface area (Å²) in [6.45, 7) is 0. The molecule has 128 valence electrons. The van der Waals surface area contributed by atoms with Gasteiger partial charge in [0.2, 0.25) is 0 Å². The van der Waals surface area contributed by atoms with Crippen LogP contribution in [-0.4, -0.2) is 20.4 Å². The zero-order valence-electron chi connectivity index (χ0n) is 14.4. The first kappa shape index (κ1) is 15.5. The van der Waals surface area contributed by atoms with Crippen molar-refractivity contribution in [2.45, 2.75) is 0 Å². The van der Waals surface area contributed by atoms with Crippen molar-refractivity contribution in [2.75, 3.05) is 0 Å². The molecular formula is C23H15N3O. The van der Waals surface area contributed by atoms with Crippen LogP contribution >= 0.6 is 0 Å². The van der Waals surface area contributed by atoms with Crippen LogP contribution < -0.4 is 0 Å². The summed E-state index contributed by atoms with van der Waals surface area (Å²) in [5, 5.41) is 2.15. The standard InChI is InChI=1S/C23H15N3O/c27-23(18-12-11-16-6-1-2-7-17(16)14-18)26-21-10-4-3-9-20(21)25-22(26)19-8-5-13-24-15-19/h1-15H. The first-order valence-corrected chi connectivity index (χ1v) is 8.73. The van der Waals surface area contributed by atoms with E-state index in [1.807, 2.05) is 78.9 Å². The molecule has 0 saturated heterocycles. The molecule has 0 spiro atoms. The van der Waals surface area contributed by atoms with Crippen LogP contribution in [0.2, 0.25) is 0 Å². The molecule has 5 aromatic rings. The molecule has 0 radical (unpaired) electrons. The lowest BCUT2D eigenvalue weighted by atomic mass is 10.1. The molecule has 0 atom stereocenters. The van der Waals surface area contributed by atoms with Crippen molar-refractivity contribution in [3.8, 4) is 11.4 Å². The zero-order valence-corrected chi connectivity index (χ0v) is 14.4. The van der Waals surface area contributed by atoms with Gasteiger partial charge in [-0.2, -0.15) is 0 Å². The molecule has 27 heavy (non-hydrogen) atoms. The highest BCUT2D eigenvalue weighted by Crippen LogP contribution is 2.26. The molecule has 0 aliphatic heterocycles. The third-order valence-electron chi connectivity index (χ3n) is 4.68. The van der Waals surface area contributed by atoms with Crippen molar-refractivity contribution in [2.24, 2.45) is 0 Å². The second-order valence-electron chi connectivity index (χ2n) is 6.37. The van der Waals surface area contributed by atoms with Gasteiger partial charge in [0, 0.05) is 23.5 Å². The van der Waals surface area contributed by atoms with E-state index in [-0.39, 0.29) is 5.91 Å². The fourth-order valence-corrected chi connectivity index (χ4v) is 3.37. The van der Waals surface area contributed by atoms with Gasteiger partial charge in [-0.1, -0.05) is 42.5 Å². The van der Waals surface area contributed by atoms with Gasteiger partial charge in [-0.15, -0.1) is 0 Å². The summed E-state index contributed by atoms with van der Waals surface area (Å²) in [6.07, 6.45) is 3.44. The van der Waals surface area contributed by atoms with Crippen LogP contribution in [0.4, 0.5) is 0 Å². The lowest BCUT2D eigenvalue weighted by Gasteiger charge is -2.09. The molecule has 0 N–H and O–H groups in total. The largest absolute Gasteiger partial charge is 0.268 e. The van der Waals surface area contributed by atoms with Crippen molar-refractivity contribution in [1.82, 2.24) is 14.5 Å². The van der Waals surface area contributed by atoms with E-state index in [1.165, 1.54) is 0 Å². The minimum Gasteiger partial charge on any atom is -0.268 e. The molecular weight excluding hydrogens is 334 g/mol. The number of benzene rings is 3. The molecule has 4 heteroatoms. The smallest absolute Gasteiger partial charge is 0.264 e. The van der Waals surface area contributed by atoms with Crippen LogP contribution in [0.3, 0.4) is 0 Å². The number of para-hydroxylation sites is 2. The number of fused-ring (bicyclic) bond motifs is 2. The number of hydrogen-bond acceptors (Lipinski definition) is 3. The Morgan fingerprint density at radius 1 is 0.815 bits per heavy atom. The number of hydrogen-bond donors (Lipinski definition) is 0. The van der Waals surface area contributed by atoms with E-state index >= 15 is 0 Å². The molecule has 5 rings (SSSR count). The Morgan fingerprint density at radius 2 is 1.63 bits per heavy atom. The van der Waals surface area contributed by atoms with E-state index in [0.29, 0.717) is 11.4 Å². The average Bonchev–Trinajstić information content (AvgIpc) is 3.13. The minimum absolute atomic E-state index is 0.103. The molecule has 3 aromatic carbocycles. The topological polar surface area (TPSA) is 47.8 Å². The summed E-state index contributed by atoms with van der Waals surface area (Å²) in [7, 11) is 0. The fourth-order valence-electron chi connectivity index (χ4n) is 3.37. The van der Waals surface area contributed by atoms with Gasteiger partial charge in [0.05, 0.1) is 11.0 Å². The monoisotopic (exact) mass is 349 g/mol. The number of pyridine rings is 1. The van der Waals surface area contributed by atoms with Gasteiger partial charge >= 0.3 is 0 Å². The number of rotatable bonds is 2. The van der Waals surface area contributed by atoms with Crippen LogP contribution in [0, 0.1) is 0 Å². The van der Waals surface area contributed by atoms with Crippen LogP contribution in [-0.2, 0) is 0 Å². The van der Waals surface area contributed by atoms with Crippen LogP contribution in [0.25, 0.3) is 33.2 Å². The van der Waals surface area contributed by atoms with Gasteiger partial charge in [-0.3, -0.25) is 14.3 Å². The molecule has 0 aliphatic rings. The predicted molar refractivity (Wildman–Crippen MR) is 107 cm³/mol. The number of aromatic nitrogens is 3. The number of carbonyl (C=O) groups is 1. The summed E-state index contributed by atoms with van der Waals surface area (Å²) in [4.78, 5) is 22.3. The van der Waals surface area contributed by atoms with Crippen molar-refractivity contribution >= 4 is 27.7 Å². The van der Waals surface area contributed by atoms with E-state index in [9.17, 15) is 4.79 Å². The Labute approximate surface area is 155 Å². The summed E-state index contributed by atoms with van der Waals surface area (Å²) in [5.41, 5.74) is 3.00. The fraction of sp³-hybridized carbons (Fsp3) is 0. The predicted octanol–water partition coefficient (Wildman–Crippen LogP) is 4.94. The third-order valence-corrected chi connectivity index (χ3v) is 4.68. The minimum atomic E-state index is -0.103. The summed E-state index contributed by atoms with van der Waals surface area (Å²) < 4.78 is 1.68. The van der Waals surface area contributed by atoms with Gasteiger partial charge in [-0.05, 0) is 47.2 Å². The lowest BCUT2D eigenvalue weighted by molar-refractivity contribution is 0.0966. The van der Waals surface area contributed by atoms with E-state index < -0.39 is 0 Å². The van der Waals surface area contributed by atoms with Gasteiger partial charge in [0.15, 0.2) is 0 Å². The SMILES string of the molecule is O=C(c1ccc2ccccc2c1)n1c(-c2cccnc2)nc2ccccc21. The van der Waals surface area contributed by atoms with Crippen molar-refractivity contribution in [3.63, 3.8) is 0 Å². The van der Waals surface area contributed by atoms with E-state index in [4.69, 9.17) is 4.98 Å². The molecule has 4 nitrogen and oxygen atoms in total. The van der Waals surface area contributed by atoms with Crippen LogP contribution in [0.1, 0.15) is 10.4 Å². The van der Waals surface area contributed by atoms with E-state index in [2.05, 4.69) is 4.98 Å². The summed E-state index contributed by atoms with van der Waals surface area (Å²) in [5.74, 6) is 0.496. The Kier molecular flexibility index (Phi) is 3.54. The summed E-state index contributed by atoms with van der Waals surface area (Å²) in [6, 6.07) is 25.2. The highest BCUT2D eigenvalue weighted by molar-refractivity contribution is 6.06. The highest BCUT2D eigenvalue weighted by atomic mass is 16.2. The number of imidazole rings is 1. The molecule has 2 aromatic heterocycles. The molecule has 0 aliphatic carbocycles. The molecule has 0 amide bonds.